The molecule has 2 aromatic heterocycles. The average Bonchev–Trinajstić information content (AvgIpc) is 3.17. The van der Waals surface area contributed by atoms with Crippen molar-refractivity contribution >= 4 is 22.7 Å². The number of amides is 1. The summed E-state index contributed by atoms with van der Waals surface area (Å²) in [4.78, 5) is 33.4. The summed E-state index contributed by atoms with van der Waals surface area (Å²) in [7, 11) is 1.57. The van der Waals surface area contributed by atoms with Crippen LogP contribution in [0.3, 0.4) is 0 Å². The average molecular weight is 485 g/mol. The third kappa shape index (κ3) is 4.11. The Bertz CT molecular complexity index is 1490. The van der Waals surface area contributed by atoms with Crippen molar-refractivity contribution in [3.05, 3.63) is 93.5 Å². The fraction of sp³-hybridized carbons (Fsp3) is 0.276. The predicted octanol–water partition coefficient (Wildman–Crippen LogP) is 5.68. The number of aryl methyl sites for hydroxylation is 1. The van der Waals surface area contributed by atoms with Gasteiger partial charge in [-0.2, -0.15) is 0 Å². The molecule has 0 saturated heterocycles. The van der Waals surface area contributed by atoms with E-state index in [0.29, 0.717) is 46.4 Å². The van der Waals surface area contributed by atoms with E-state index in [2.05, 4.69) is 18.8 Å². The second kappa shape index (κ2) is 9.49. The first kappa shape index (κ1) is 23.6. The van der Waals surface area contributed by atoms with E-state index >= 15 is 0 Å². The Kier molecular flexibility index (Phi) is 6.22. The van der Waals surface area contributed by atoms with Crippen LogP contribution >= 0.6 is 0 Å². The topological polar surface area (TPSA) is 81.9 Å². The Balaban J connectivity index is 1.67. The van der Waals surface area contributed by atoms with Crippen molar-refractivity contribution in [3.8, 4) is 11.5 Å². The van der Waals surface area contributed by atoms with Gasteiger partial charge in [0.05, 0.1) is 30.7 Å². The highest BCUT2D eigenvalue weighted by molar-refractivity contribution is 6.10. The number of pyridine rings is 1. The van der Waals surface area contributed by atoms with Crippen molar-refractivity contribution < 1.29 is 18.7 Å². The SMILES string of the molecule is COc1cc([C@H]2c3c(oc4ccccc4c3=O)C(=O)N2c2ccc(C)cn2)ccc1OCCC(C)C. The first-order valence-electron chi connectivity index (χ1n) is 12.0. The summed E-state index contributed by atoms with van der Waals surface area (Å²) in [6.45, 7) is 6.77. The van der Waals surface area contributed by atoms with E-state index in [4.69, 9.17) is 13.9 Å². The number of hydrogen-bond donors (Lipinski definition) is 0. The standard InChI is InChI=1S/C29H28N2O5/c1-17(2)13-14-35-22-11-10-19(15-23(22)34-4)26-25-27(32)20-7-5-6-8-21(20)36-28(25)29(33)31(26)24-12-9-18(3)16-30-24/h5-12,15-17,26H,13-14H2,1-4H3/t26-/m0/s1. The van der Waals surface area contributed by atoms with Gasteiger partial charge < -0.3 is 13.9 Å². The van der Waals surface area contributed by atoms with Crippen molar-refractivity contribution in [1.82, 2.24) is 4.98 Å². The molecule has 1 amide bonds. The van der Waals surface area contributed by atoms with Gasteiger partial charge in [-0.3, -0.25) is 14.5 Å². The highest BCUT2D eigenvalue weighted by atomic mass is 16.5. The van der Waals surface area contributed by atoms with Crippen LogP contribution < -0.4 is 19.8 Å². The van der Waals surface area contributed by atoms with Crippen LogP contribution in [0, 0.1) is 12.8 Å². The van der Waals surface area contributed by atoms with Gasteiger partial charge in [-0.25, -0.2) is 4.98 Å². The van der Waals surface area contributed by atoms with Gasteiger partial charge in [-0.05, 0) is 60.7 Å². The van der Waals surface area contributed by atoms with Crippen LogP contribution in [0.1, 0.15) is 53.6 Å². The van der Waals surface area contributed by atoms with E-state index in [0.717, 1.165) is 12.0 Å². The lowest BCUT2D eigenvalue weighted by Gasteiger charge is -2.25. The highest BCUT2D eigenvalue weighted by Crippen LogP contribution is 2.42. The number of rotatable bonds is 7. The van der Waals surface area contributed by atoms with Gasteiger partial charge in [-0.15, -0.1) is 0 Å². The van der Waals surface area contributed by atoms with Crippen LogP contribution in [0.5, 0.6) is 11.5 Å². The lowest BCUT2D eigenvalue weighted by Crippen LogP contribution is -2.30. The maximum Gasteiger partial charge on any atom is 0.296 e. The van der Waals surface area contributed by atoms with Gasteiger partial charge in [-0.1, -0.05) is 38.1 Å². The Morgan fingerprint density at radius 3 is 2.58 bits per heavy atom. The largest absolute Gasteiger partial charge is 0.493 e. The minimum absolute atomic E-state index is 0.0299. The zero-order valence-electron chi connectivity index (χ0n) is 20.8. The number of para-hydroxylation sites is 1. The molecule has 36 heavy (non-hydrogen) atoms. The van der Waals surface area contributed by atoms with Crippen molar-refractivity contribution in [1.29, 1.82) is 0 Å². The molecule has 5 rings (SSSR count). The molecule has 0 radical (unpaired) electrons. The summed E-state index contributed by atoms with van der Waals surface area (Å²) >= 11 is 0. The molecule has 7 heteroatoms. The molecular formula is C29H28N2O5. The number of fused-ring (bicyclic) bond motifs is 2. The van der Waals surface area contributed by atoms with Crippen LogP contribution in [0.25, 0.3) is 11.0 Å². The molecule has 7 nitrogen and oxygen atoms in total. The summed E-state index contributed by atoms with van der Waals surface area (Å²) in [6.07, 6.45) is 2.61. The molecule has 0 N–H and O–H groups in total. The number of benzene rings is 2. The third-order valence-corrected chi connectivity index (χ3v) is 6.38. The number of hydrogen-bond acceptors (Lipinski definition) is 6. The maximum absolute atomic E-state index is 13.7. The number of nitrogens with zero attached hydrogens (tertiary/aromatic N) is 2. The molecule has 0 spiro atoms. The minimum atomic E-state index is -0.734. The molecule has 1 aliphatic rings. The Hall–Kier alpha value is -4.13. The molecule has 4 aromatic rings. The summed E-state index contributed by atoms with van der Waals surface area (Å²) in [6, 6.07) is 15.4. The first-order chi connectivity index (χ1) is 17.4. The van der Waals surface area contributed by atoms with Crippen molar-refractivity contribution in [2.75, 3.05) is 18.6 Å². The van der Waals surface area contributed by atoms with E-state index in [1.807, 2.05) is 31.2 Å². The van der Waals surface area contributed by atoms with Crippen LogP contribution in [0.4, 0.5) is 5.82 Å². The summed E-state index contributed by atoms with van der Waals surface area (Å²) < 4.78 is 17.6. The third-order valence-electron chi connectivity index (χ3n) is 6.38. The summed E-state index contributed by atoms with van der Waals surface area (Å²) in [5, 5.41) is 0.424. The van der Waals surface area contributed by atoms with Gasteiger partial charge in [0, 0.05) is 6.20 Å². The number of carbonyl (C=O) groups excluding carboxylic acids is 1. The van der Waals surface area contributed by atoms with Gasteiger partial charge in [0.2, 0.25) is 5.76 Å². The zero-order valence-corrected chi connectivity index (χ0v) is 20.8. The predicted molar refractivity (Wildman–Crippen MR) is 138 cm³/mol. The minimum Gasteiger partial charge on any atom is -0.493 e. The van der Waals surface area contributed by atoms with Gasteiger partial charge in [0.1, 0.15) is 11.4 Å². The molecule has 0 aliphatic carbocycles. The molecule has 184 valence electrons. The molecule has 0 unspecified atom stereocenters. The van der Waals surface area contributed by atoms with Crippen molar-refractivity contribution in [3.63, 3.8) is 0 Å². The molecule has 0 saturated carbocycles. The van der Waals surface area contributed by atoms with Crippen molar-refractivity contribution in [2.24, 2.45) is 5.92 Å². The highest BCUT2D eigenvalue weighted by Gasteiger charge is 2.44. The molecule has 0 bridgehead atoms. The summed E-state index contributed by atoms with van der Waals surface area (Å²) in [5.41, 5.74) is 2.08. The first-order valence-corrected chi connectivity index (χ1v) is 12.0. The number of ether oxygens (including phenoxy) is 2. The molecular weight excluding hydrogens is 456 g/mol. The Labute approximate surface area is 209 Å². The fourth-order valence-corrected chi connectivity index (χ4v) is 4.45. The Morgan fingerprint density at radius 2 is 1.86 bits per heavy atom. The van der Waals surface area contributed by atoms with Crippen LogP contribution in [-0.2, 0) is 0 Å². The number of carbonyl (C=O) groups is 1. The number of methoxy groups -OCH3 is 1. The lowest BCUT2D eigenvalue weighted by molar-refractivity contribution is 0.0970. The quantitative estimate of drug-likeness (QED) is 0.336. The summed E-state index contributed by atoms with van der Waals surface area (Å²) in [5.74, 6) is 1.70. The second-order valence-corrected chi connectivity index (χ2v) is 9.38. The van der Waals surface area contributed by atoms with E-state index in [1.165, 1.54) is 4.90 Å². The smallest absolute Gasteiger partial charge is 0.296 e. The molecule has 2 aromatic carbocycles. The molecule has 1 atom stereocenters. The molecule has 0 fully saturated rings. The van der Waals surface area contributed by atoms with Gasteiger partial charge in [0.15, 0.2) is 16.9 Å². The van der Waals surface area contributed by atoms with E-state index in [-0.39, 0.29) is 16.8 Å². The van der Waals surface area contributed by atoms with E-state index in [9.17, 15) is 9.59 Å². The second-order valence-electron chi connectivity index (χ2n) is 9.38. The zero-order chi connectivity index (χ0) is 25.4. The van der Waals surface area contributed by atoms with E-state index in [1.54, 1.807) is 43.6 Å². The maximum atomic E-state index is 13.7. The lowest BCUT2D eigenvalue weighted by atomic mass is 9.98. The van der Waals surface area contributed by atoms with Crippen molar-refractivity contribution in [2.45, 2.75) is 33.2 Å². The Morgan fingerprint density at radius 1 is 1.06 bits per heavy atom. The van der Waals surface area contributed by atoms with Gasteiger partial charge >= 0.3 is 0 Å². The van der Waals surface area contributed by atoms with Crippen LogP contribution in [-0.4, -0.2) is 24.6 Å². The normalized spacial score (nSPS) is 15.0. The van der Waals surface area contributed by atoms with Crippen LogP contribution in [0.15, 0.2) is 70.0 Å². The molecule has 1 aliphatic heterocycles. The number of anilines is 1. The van der Waals surface area contributed by atoms with Gasteiger partial charge in [0.25, 0.3) is 5.91 Å². The van der Waals surface area contributed by atoms with Crippen LogP contribution in [0.2, 0.25) is 0 Å². The van der Waals surface area contributed by atoms with E-state index < -0.39 is 11.9 Å². The molecule has 3 heterocycles. The number of aromatic nitrogens is 1. The monoisotopic (exact) mass is 484 g/mol. The fourth-order valence-electron chi connectivity index (χ4n) is 4.45.